The third kappa shape index (κ3) is 3.51. The van der Waals surface area contributed by atoms with Crippen LogP contribution in [-0.4, -0.2) is 34.5 Å². The number of rotatable bonds is 5. The van der Waals surface area contributed by atoms with Crippen molar-refractivity contribution in [2.75, 3.05) is 13.7 Å². The molecule has 6 nitrogen and oxygen atoms in total. The number of hydrogen-bond donors (Lipinski definition) is 0. The lowest BCUT2D eigenvalue weighted by Gasteiger charge is -2.09. The number of aromatic nitrogens is 3. The highest BCUT2D eigenvalue weighted by atomic mass is 35.5. The van der Waals surface area contributed by atoms with E-state index in [1.165, 1.54) is 7.11 Å². The Morgan fingerprint density at radius 3 is 2.73 bits per heavy atom. The molecule has 7 heteroatoms. The zero-order valence-electron chi connectivity index (χ0n) is 15.1. The predicted octanol–water partition coefficient (Wildman–Crippen LogP) is 4.11. The highest BCUT2D eigenvalue weighted by Gasteiger charge is 2.16. The van der Waals surface area contributed by atoms with Gasteiger partial charge in [0.1, 0.15) is 10.7 Å². The molecule has 0 saturated heterocycles. The Bertz CT molecular complexity index is 966. The molecule has 0 N–H and O–H groups in total. The van der Waals surface area contributed by atoms with Gasteiger partial charge in [0, 0.05) is 24.2 Å². The molecule has 3 rings (SSSR count). The number of carbonyl (C=O) groups is 1. The maximum atomic E-state index is 11.7. The summed E-state index contributed by atoms with van der Waals surface area (Å²) in [5.74, 6) is 0.416. The van der Waals surface area contributed by atoms with E-state index in [1.54, 1.807) is 29.1 Å². The van der Waals surface area contributed by atoms with E-state index >= 15 is 0 Å². The van der Waals surface area contributed by atoms with E-state index in [-0.39, 0.29) is 5.97 Å². The molecule has 0 fully saturated rings. The molecular formula is C19H20ClN3O3. The summed E-state index contributed by atoms with van der Waals surface area (Å²) in [7, 11) is 3.18. The highest BCUT2D eigenvalue weighted by molar-refractivity contribution is 6.32. The molecule has 1 aromatic carbocycles. The molecule has 0 atom stereocenters. The topological polar surface area (TPSA) is 66.2 Å². The van der Waals surface area contributed by atoms with Crippen LogP contribution in [0, 0.1) is 5.92 Å². The van der Waals surface area contributed by atoms with E-state index in [0.717, 1.165) is 22.2 Å². The van der Waals surface area contributed by atoms with Crippen LogP contribution < -0.4 is 4.74 Å². The van der Waals surface area contributed by atoms with Gasteiger partial charge in [-0.1, -0.05) is 25.4 Å². The van der Waals surface area contributed by atoms with Crippen LogP contribution in [0.25, 0.3) is 22.2 Å². The molecule has 0 saturated carbocycles. The largest absolute Gasteiger partial charge is 0.476 e. The number of esters is 1. The molecule has 2 heterocycles. The molecule has 0 amide bonds. The normalized spacial score (nSPS) is 11.2. The van der Waals surface area contributed by atoms with Crippen LogP contribution in [0.1, 0.15) is 24.2 Å². The molecule has 0 radical (unpaired) electrons. The number of hydrogen-bond acceptors (Lipinski definition) is 5. The third-order valence-electron chi connectivity index (χ3n) is 3.91. The molecule has 3 aromatic rings. The molecule has 0 aliphatic rings. The van der Waals surface area contributed by atoms with E-state index in [0.29, 0.717) is 29.0 Å². The van der Waals surface area contributed by atoms with Crippen molar-refractivity contribution in [2.24, 2.45) is 13.0 Å². The maximum Gasteiger partial charge on any atom is 0.337 e. The smallest absolute Gasteiger partial charge is 0.337 e. The number of ether oxygens (including phenoxy) is 2. The minimum absolute atomic E-state index is 0.383. The van der Waals surface area contributed by atoms with Crippen molar-refractivity contribution in [2.45, 2.75) is 13.8 Å². The minimum atomic E-state index is -0.383. The van der Waals surface area contributed by atoms with Crippen molar-refractivity contribution in [3.63, 3.8) is 0 Å². The van der Waals surface area contributed by atoms with Crippen LogP contribution in [0.2, 0.25) is 5.02 Å². The quantitative estimate of drug-likeness (QED) is 0.629. The van der Waals surface area contributed by atoms with Gasteiger partial charge in [0.05, 0.1) is 24.8 Å². The number of carbonyl (C=O) groups excluding carboxylic acids is 1. The third-order valence-corrected chi connectivity index (χ3v) is 4.18. The Morgan fingerprint density at radius 1 is 1.31 bits per heavy atom. The summed E-state index contributed by atoms with van der Waals surface area (Å²) in [4.78, 5) is 16.1. The SMILES string of the molecule is COC(=O)c1ccc2c(-c3cnc(OCC(C)C)c(Cl)c3)nn(C)c2c1. The number of aryl methyl sites for hydroxylation is 1. The Balaban J connectivity index is 2.00. The van der Waals surface area contributed by atoms with E-state index < -0.39 is 0 Å². The van der Waals surface area contributed by atoms with Gasteiger partial charge in [-0.15, -0.1) is 0 Å². The second-order valence-corrected chi connectivity index (χ2v) is 6.82. The van der Waals surface area contributed by atoms with Crippen molar-refractivity contribution in [1.29, 1.82) is 0 Å². The summed E-state index contributed by atoms with van der Waals surface area (Å²) >= 11 is 6.32. The second kappa shape index (κ2) is 7.33. The monoisotopic (exact) mass is 373 g/mol. The number of nitrogens with zero attached hydrogens (tertiary/aromatic N) is 3. The van der Waals surface area contributed by atoms with E-state index in [9.17, 15) is 4.79 Å². The molecule has 0 aliphatic carbocycles. The molecule has 2 aromatic heterocycles. The lowest BCUT2D eigenvalue weighted by molar-refractivity contribution is 0.0601. The average Bonchev–Trinajstić information content (AvgIpc) is 2.96. The number of fused-ring (bicyclic) bond motifs is 1. The number of halogens is 1. The zero-order valence-corrected chi connectivity index (χ0v) is 15.9. The number of pyridine rings is 1. The summed E-state index contributed by atoms with van der Waals surface area (Å²) in [5, 5.41) is 5.89. The van der Waals surface area contributed by atoms with Gasteiger partial charge in [-0.25, -0.2) is 9.78 Å². The number of methoxy groups -OCH3 is 1. The molecule has 0 unspecified atom stereocenters. The van der Waals surface area contributed by atoms with Gasteiger partial charge in [0.15, 0.2) is 0 Å². The Morgan fingerprint density at radius 2 is 2.08 bits per heavy atom. The van der Waals surface area contributed by atoms with Gasteiger partial charge in [0.2, 0.25) is 5.88 Å². The van der Waals surface area contributed by atoms with Crippen molar-refractivity contribution in [1.82, 2.24) is 14.8 Å². The Labute approximate surface area is 156 Å². The van der Waals surface area contributed by atoms with Crippen molar-refractivity contribution >= 4 is 28.5 Å². The zero-order chi connectivity index (χ0) is 18.8. The fourth-order valence-electron chi connectivity index (χ4n) is 2.62. The standard InChI is InChI=1S/C19H20ClN3O3/c1-11(2)10-26-18-15(20)7-13(9-21-18)17-14-6-5-12(19(24)25-4)8-16(14)23(3)22-17/h5-9,11H,10H2,1-4H3. The Kier molecular flexibility index (Phi) is 5.13. The first kappa shape index (κ1) is 18.2. The van der Waals surface area contributed by atoms with Gasteiger partial charge in [-0.2, -0.15) is 5.10 Å². The molecular weight excluding hydrogens is 354 g/mol. The molecule has 0 bridgehead atoms. The van der Waals surface area contributed by atoms with Gasteiger partial charge in [0.25, 0.3) is 0 Å². The second-order valence-electron chi connectivity index (χ2n) is 6.41. The van der Waals surface area contributed by atoms with E-state index in [1.807, 2.05) is 13.1 Å². The van der Waals surface area contributed by atoms with Crippen LogP contribution in [-0.2, 0) is 11.8 Å². The molecule has 26 heavy (non-hydrogen) atoms. The van der Waals surface area contributed by atoms with E-state index in [2.05, 4.69) is 23.9 Å². The lowest BCUT2D eigenvalue weighted by atomic mass is 10.1. The summed E-state index contributed by atoms with van der Waals surface area (Å²) < 4.78 is 12.1. The van der Waals surface area contributed by atoms with Crippen molar-refractivity contribution < 1.29 is 14.3 Å². The first-order valence-corrected chi connectivity index (χ1v) is 8.62. The first-order valence-electron chi connectivity index (χ1n) is 8.24. The molecule has 0 aliphatic heterocycles. The fraction of sp³-hybridized carbons (Fsp3) is 0.316. The summed E-state index contributed by atoms with van der Waals surface area (Å²) in [6.45, 7) is 4.67. The summed E-state index contributed by atoms with van der Waals surface area (Å²) in [6.07, 6.45) is 1.69. The minimum Gasteiger partial charge on any atom is -0.476 e. The van der Waals surface area contributed by atoms with Gasteiger partial charge in [-0.05, 0) is 30.2 Å². The van der Waals surface area contributed by atoms with Gasteiger partial charge in [-0.3, -0.25) is 4.68 Å². The van der Waals surface area contributed by atoms with Crippen LogP contribution in [0.4, 0.5) is 0 Å². The fourth-order valence-corrected chi connectivity index (χ4v) is 2.84. The van der Waals surface area contributed by atoms with Crippen molar-refractivity contribution in [3.8, 4) is 17.1 Å². The van der Waals surface area contributed by atoms with Crippen LogP contribution in [0.5, 0.6) is 5.88 Å². The maximum absolute atomic E-state index is 11.7. The predicted molar refractivity (Wildman–Crippen MR) is 101 cm³/mol. The van der Waals surface area contributed by atoms with Gasteiger partial charge < -0.3 is 9.47 Å². The van der Waals surface area contributed by atoms with Gasteiger partial charge >= 0.3 is 5.97 Å². The van der Waals surface area contributed by atoms with Crippen molar-refractivity contribution in [3.05, 3.63) is 41.0 Å². The van der Waals surface area contributed by atoms with Crippen LogP contribution in [0.15, 0.2) is 30.5 Å². The first-order chi connectivity index (χ1) is 12.4. The van der Waals surface area contributed by atoms with Crippen LogP contribution >= 0.6 is 11.6 Å². The summed E-state index contributed by atoms with van der Waals surface area (Å²) in [6, 6.07) is 7.11. The van der Waals surface area contributed by atoms with Crippen LogP contribution in [0.3, 0.4) is 0 Å². The molecule has 0 spiro atoms. The van der Waals surface area contributed by atoms with E-state index in [4.69, 9.17) is 21.1 Å². The Hall–Kier alpha value is -2.60. The molecule has 136 valence electrons. The average molecular weight is 374 g/mol. The highest BCUT2D eigenvalue weighted by Crippen LogP contribution is 2.32. The lowest BCUT2D eigenvalue weighted by Crippen LogP contribution is -2.06. The number of benzene rings is 1. The summed E-state index contributed by atoms with van der Waals surface area (Å²) in [5.41, 5.74) is 2.81.